The predicted molar refractivity (Wildman–Crippen MR) is 50.1 cm³/mol. The second-order valence-electron chi connectivity index (χ2n) is 2.51. The van der Waals surface area contributed by atoms with Crippen molar-refractivity contribution < 1.29 is 14.3 Å². The summed E-state index contributed by atoms with van der Waals surface area (Å²) in [5.41, 5.74) is 0. The Balaban J connectivity index is 3.95. The largest absolute Gasteiger partial charge is 0.361 e. The quantitative estimate of drug-likeness (QED) is 0.568. The number of amides is 1. The van der Waals surface area contributed by atoms with Crippen LogP contribution in [0.5, 0.6) is 0 Å². The van der Waals surface area contributed by atoms with Crippen molar-refractivity contribution in [3.63, 3.8) is 0 Å². The highest BCUT2D eigenvalue weighted by Crippen LogP contribution is 1.95. The van der Waals surface area contributed by atoms with Gasteiger partial charge in [-0.1, -0.05) is 0 Å². The minimum Gasteiger partial charge on any atom is -0.361 e. The number of ether oxygens (including phenoxy) is 2. The van der Waals surface area contributed by atoms with Gasteiger partial charge in [0.2, 0.25) is 5.91 Å². The number of rotatable bonds is 7. The molecule has 0 atom stereocenters. The molecule has 0 aliphatic heterocycles. The van der Waals surface area contributed by atoms with Gasteiger partial charge in [-0.2, -0.15) is 5.26 Å². The highest BCUT2D eigenvalue weighted by atomic mass is 16.5. The molecule has 0 bridgehead atoms. The van der Waals surface area contributed by atoms with Crippen molar-refractivity contribution in [3.05, 3.63) is 0 Å². The van der Waals surface area contributed by atoms with Gasteiger partial charge in [0, 0.05) is 13.2 Å². The van der Waals surface area contributed by atoms with Crippen molar-refractivity contribution >= 4 is 5.91 Å². The Morgan fingerprint density at radius 2 is 1.79 bits per heavy atom. The van der Waals surface area contributed by atoms with E-state index >= 15 is 0 Å². The van der Waals surface area contributed by atoms with E-state index in [0.717, 1.165) is 0 Å². The fourth-order valence-electron chi connectivity index (χ4n) is 0.764. The van der Waals surface area contributed by atoms with Crippen LogP contribution in [0.25, 0.3) is 0 Å². The van der Waals surface area contributed by atoms with Crippen molar-refractivity contribution in [1.82, 2.24) is 4.90 Å². The third-order valence-corrected chi connectivity index (χ3v) is 1.49. The highest BCUT2D eigenvalue weighted by molar-refractivity contribution is 5.77. The van der Waals surface area contributed by atoms with Crippen LogP contribution in [0.4, 0.5) is 0 Å². The monoisotopic (exact) mass is 200 g/mol. The SMILES string of the molecule is CCOCN(COCC)C(=O)CC#N. The summed E-state index contributed by atoms with van der Waals surface area (Å²) in [5, 5.41) is 8.36. The molecule has 0 aromatic carbocycles. The highest BCUT2D eigenvalue weighted by Gasteiger charge is 2.12. The van der Waals surface area contributed by atoms with Crippen LogP contribution in [0, 0.1) is 11.3 Å². The maximum Gasteiger partial charge on any atom is 0.240 e. The lowest BCUT2D eigenvalue weighted by atomic mass is 10.4. The lowest BCUT2D eigenvalue weighted by Gasteiger charge is -2.20. The molecule has 14 heavy (non-hydrogen) atoms. The molecule has 0 N–H and O–H groups in total. The first-order valence-electron chi connectivity index (χ1n) is 4.56. The number of hydrogen-bond acceptors (Lipinski definition) is 4. The molecule has 0 aromatic heterocycles. The number of carbonyl (C=O) groups excluding carboxylic acids is 1. The Labute approximate surface area is 84.2 Å². The molecule has 5 heteroatoms. The van der Waals surface area contributed by atoms with Gasteiger partial charge in [0.1, 0.15) is 19.9 Å². The maximum atomic E-state index is 11.3. The summed E-state index contributed by atoms with van der Waals surface area (Å²) in [5.74, 6) is -0.269. The smallest absolute Gasteiger partial charge is 0.240 e. The van der Waals surface area contributed by atoms with Crippen molar-refractivity contribution in [2.24, 2.45) is 0 Å². The van der Waals surface area contributed by atoms with Crippen LogP contribution in [0.3, 0.4) is 0 Å². The Hall–Kier alpha value is -1.12. The Bertz CT molecular complexity index is 193. The number of carbonyl (C=O) groups is 1. The summed E-state index contributed by atoms with van der Waals surface area (Å²) in [7, 11) is 0. The van der Waals surface area contributed by atoms with Gasteiger partial charge >= 0.3 is 0 Å². The molecule has 0 saturated carbocycles. The van der Waals surface area contributed by atoms with E-state index in [1.54, 1.807) is 6.07 Å². The molecule has 80 valence electrons. The molecule has 0 unspecified atom stereocenters. The number of hydrogen-bond donors (Lipinski definition) is 0. The molecular formula is C9H16N2O3. The summed E-state index contributed by atoms with van der Waals surface area (Å²) >= 11 is 0. The topological polar surface area (TPSA) is 62.6 Å². The molecule has 0 spiro atoms. The zero-order valence-electron chi connectivity index (χ0n) is 8.65. The normalized spacial score (nSPS) is 9.50. The first-order valence-corrected chi connectivity index (χ1v) is 4.56. The fraction of sp³-hybridized carbons (Fsp3) is 0.778. The van der Waals surface area contributed by atoms with Crippen LogP contribution in [0.15, 0.2) is 0 Å². The lowest BCUT2D eigenvalue weighted by molar-refractivity contribution is -0.143. The van der Waals surface area contributed by atoms with Gasteiger partial charge in [-0.25, -0.2) is 0 Å². The Morgan fingerprint density at radius 1 is 1.29 bits per heavy atom. The zero-order valence-corrected chi connectivity index (χ0v) is 8.65. The first-order chi connectivity index (χ1) is 6.76. The maximum absolute atomic E-state index is 11.3. The van der Waals surface area contributed by atoms with Crippen LogP contribution in [0.1, 0.15) is 20.3 Å². The molecular weight excluding hydrogens is 184 g/mol. The summed E-state index contributed by atoms with van der Waals surface area (Å²) in [6.45, 7) is 5.10. The molecule has 0 aromatic rings. The van der Waals surface area contributed by atoms with Crippen LogP contribution in [0.2, 0.25) is 0 Å². The van der Waals surface area contributed by atoms with Gasteiger partial charge in [0.05, 0.1) is 6.07 Å². The average Bonchev–Trinajstić information content (AvgIpc) is 2.18. The fourth-order valence-corrected chi connectivity index (χ4v) is 0.764. The number of nitrogens with zero attached hydrogens (tertiary/aromatic N) is 2. The molecule has 1 amide bonds. The third-order valence-electron chi connectivity index (χ3n) is 1.49. The number of nitriles is 1. The summed E-state index contributed by atoms with van der Waals surface area (Å²) in [6.07, 6.45) is -0.139. The summed E-state index contributed by atoms with van der Waals surface area (Å²) < 4.78 is 10.2. The minimum absolute atomic E-state index is 0.139. The summed E-state index contributed by atoms with van der Waals surface area (Å²) in [4.78, 5) is 12.7. The van der Waals surface area contributed by atoms with E-state index in [1.807, 2.05) is 13.8 Å². The molecule has 0 aliphatic carbocycles. The van der Waals surface area contributed by atoms with Crippen molar-refractivity contribution in [1.29, 1.82) is 5.26 Å². The van der Waals surface area contributed by atoms with E-state index in [2.05, 4.69) is 0 Å². The van der Waals surface area contributed by atoms with Gasteiger partial charge in [-0.15, -0.1) is 0 Å². The van der Waals surface area contributed by atoms with Crippen molar-refractivity contribution in [2.75, 3.05) is 26.7 Å². The van der Waals surface area contributed by atoms with Crippen LogP contribution < -0.4 is 0 Å². The molecule has 0 saturated heterocycles. The molecule has 5 nitrogen and oxygen atoms in total. The van der Waals surface area contributed by atoms with Crippen molar-refractivity contribution in [3.8, 4) is 6.07 Å². The van der Waals surface area contributed by atoms with E-state index in [0.29, 0.717) is 13.2 Å². The summed E-state index contributed by atoms with van der Waals surface area (Å²) in [6, 6.07) is 1.80. The van der Waals surface area contributed by atoms with Gasteiger partial charge in [-0.05, 0) is 13.8 Å². The van der Waals surface area contributed by atoms with Gasteiger partial charge in [0.25, 0.3) is 0 Å². The third kappa shape index (κ3) is 5.51. The van der Waals surface area contributed by atoms with Crippen LogP contribution in [-0.2, 0) is 14.3 Å². The van der Waals surface area contributed by atoms with E-state index in [1.165, 1.54) is 4.90 Å². The molecule has 0 aliphatic rings. The second kappa shape index (κ2) is 8.48. The Morgan fingerprint density at radius 3 is 2.14 bits per heavy atom. The van der Waals surface area contributed by atoms with Crippen molar-refractivity contribution in [2.45, 2.75) is 20.3 Å². The second-order valence-corrected chi connectivity index (χ2v) is 2.51. The van der Waals surface area contributed by atoms with E-state index in [-0.39, 0.29) is 25.8 Å². The average molecular weight is 200 g/mol. The van der Waals surface area contributed by atoms with Gasteiger partial charge in [-0.3, -0.25) is 9.69 Å². The van der Waals surface area contributed by atoms with Crippen LogP contribution >= 0.6 is 0 Å². The molecule has 0 heterocycles. The van der Waals surface area contributed by atoms with E-state index < -0.39 is 0 Å². The molecule has 0 fully saturated rings. The first kappa shape index (κ1) is 12.9. The minimum atomic E-state index is -0.269. The lowest BCUT2D eigenvalue weighted by Crippen LogP contribution is -2.34. The molecule has 0 radical (unpaired) electrons. The molecule has 0 rings (SSSR count). The Kier molecular flexibility index (Phi) is 7.80. The van der Waals surface area contributed by atoms with Gasteiger partial charge in [0.15, 0.2) is 0 Å². The zero-order chi connectivity index (χ0) is 10.8. The van der Waals surface area contributed by atoms with E-state index in [9.17, 15) is 4.79 Å². The predicted octanol–water partition coefficient (Wildman–Crippen LogP) is 0.717. The standard InChI is InChI=1S/C9H16N2O3/c1-3-13-7-11(8-14-4-2)9(12)5-6-10/h3-5,7-8H2,1-2H3. The van der Waals surface area contributed by atoms with Gasteiger partial charge < -0.3 is 9.47 Å². The van der Waals surface area contributed by atoms with Crippen LogP contribution in [-0.4, -0.2) is 37.5 Å². The van der Waals surface area contributed by atoms with E-state index in [4.69, 9.17) is 14.7 Å².